The Morgan fingerprint density at radius 3 is 2.53 bits per heavy atom. The number of hydrogen-bond acceptors (Lipinski definition) is 6. The molecule has 2 aromatic carbocycles. The number of anilines is 1. The molecule has 0 saturated carbocycles. The van der Waals surface area contributed by atoms with Gasteiger partial charge in [0.15, 0.2) is 0 Å². The molecule has 1 aliphatic heterocycles. The third kappa shape index (κ3) is 5.09. The molecule has 0 bridgehead atoms. The van der Waals surface area contributed by atoms with Crippen molar-refractivity contribution in [3.8, 4) is 0 Å². The van der Waals surface area contributed by atoms with E-state index in [1.807, 2.05) is 0 Å². The standard InChI is InChI=1S/C22H27N5O4S/c1-16-4-2-5-17(14-16)27-12-10-26(11-13-27)9-3-8-23-32(30,31)18-6-7-20-19(15-18)21(28)25-22(29)24-20/h2,4-7,14-15,23H,3,8-13H2,1H3,(H2,24,25,28,29). The van der Waals surface area contributed by atoms with E-state index in [4.69, 9.17) is 0 Å². The van der Waals surface area contributed by atoms with E-state index in [-0.39, 0.29) is 10.3 Å². The van der Waals surface area contributed by atoms with Crippen molar-refractivity contribution < 1.29 is 8.42 Å². The number of nitrogens with zero attached hydrogens (tertiary/aromatic N) is 2. The van der Waals surface area contributed by atoms with Gasteiger partial charge in [0.2, 0.25) is 10.0 Å². The zero-order chi connectivity index (χ0) is 22.7. The summed E-state index contributed by atoms with van der Waals surface area (Å²) in [5, 5.41) is 0.124. The normalized spacial score (nSPS) is 15.3. The maximum atomic E-state index is 12.6. The first-order valence-electron chi connectivity index (χ1n) is 10.6. The molecule has 0 amide bonds. The zero-order valence-corrected chi connectivity index (χ0v) is 18.7. The van der Waals surface area contributed by atoms with Crippen LogP contribution in [0.1, 0.15) is 12.0 Å². The van der Waals surface area contributed by atoms with Crippen molar-refractivity contribution >= 4 is 26.6 Å². The van der Waals surface area contributed by atoms with Gasteiger partial charge in [-0.15, -0.1) is 0 Å². The minimum absolute atomic E-state index is 0.00526. The highest BCUT2D eigenvalue weighted by Gasteiger charge is 2.18. The van der Waals surface area contributed by atoms with E-state index in [1.165, 1.54) is 29.4 Å². The number of piperazine rings is 1. The van der Waals surface area contributed by atoms with Gasteiger partial charge in [0, 0.05) is 38.4 Å². The van der Waals surface area contributed by atoms with Crippen LogP contribution >= 0.6 is 0 Å². The quantitative estimate of drug-likeness (QED) is 0.456. The predicted octanol–water partition coefficient (Wildman–Crippen LogP) is 1.02. The second kappa shape index (κ2) is 9.27. The van der Waals surface area contributed by atoms with Crippen molar-refractivity contribution in [3.63, 3.8) is 0 Å². The lowest BCUT2D eigenvalue weighted by molar-refractivity contribution is 0.255. The second-order valence-corrected chi connectivity index (χ2v) is 9.80. The average molecular weight is 458 g/mol. The number of sulfonamides is 1. The van der Waals surface area contributed by atoms with Gasteiger partial charge in [-0.2, -0.15) is 0 Å². The monoisotopic (exact) mass is 457 g/mol. The molecule has 0 spiro atoms. The number of aromatic amines is 2. The number of aryl methyl sites for hydroxylation is 1. The van der Waals surface area contributed by atoms with Gasteiger partial charge in [-0.25, -0.2) is 17.9 Å². The molecule has 1 aromatic heterocycles. The number of H-pyrrole nitrogens is 2. The minimum Gasteiger partial charge on any atom is -0.369 e. The Hall–Kier alpha value is -2.95. The summed E-state index contributed by atoms with van der Waals surface area (Å²) in [7, 11) is -3.75. The Morgan fingerprint density at radius 2 is 1.78 bits per heavy atom. The van der Waals surface area contributed by atoms with Gasteiger partial charge in [0.25, 0.3) is 5.56 Å². The lowest BCUT2D eigenvalue weighted by Crippen LogP contribution is -2.47. The highest BCUT2D eigenvalue weighted by molar-refractivity contribution is 7.89. The molecule has 0 radical (unpaired) electrons. The summed E-state index contributed by atoms with van der Waals surface area (Å²) in [4.78, 5) is 32.6. The smallest absolute Gasteiger partial charge is 0.326 e. The second-order valence-electron chi connectivity index (χ2n) is 8.03. The fraction of sp³-hybridized carbons (Fsp3) is 0.364. The van der Waals surface area contributed by atoms with E-state index in [1.54, 1.807) is 0 Å². The summed E-state index contributed by atoms with van der Waals surface area (Å²) in [6, 6.07) is 12.6. The number of rotatable bonds is 7. The lowest BCUT2D eigenvalue weighted by Gasteiger charge is -2.36. The van der Waals surface area contributed by atoms with Crippen LogP contribution in [0.2, 0.25) is 0 Å². The summed E-state index contributed by atoms with van der Waals surface area (Å²) in [6.45, 7) is 6.98. The fourth-order valence-corrected chi connectivity index (χ4v) is 5.06. The summed E-state index contributed by atoms with van der Waals surface area (Å²) in [5.74, 6) is 0. The van der Waals surface area contributed by atoms with Crippen molar-refractivity contribution in [2.45, 2.75) is 18.2 Å². The van der Waals surface area contributed by atoms with Crippen molar-refractivity contribution in [2.24, 2.45) is 0 Å². The number of fused-ring (bicyclic) bond motifs is 1. The van der Waals surface area contributed by atoms with E-state index >= 15 is 0 Å². The third-order valence-electron chi connectivity index (χ3n) is 5.70. The van der Waals surface area contributed by atoms with Gasteiger partial charge in [0.1, 0.15) is 0 Å². The zero-order valence-electron chi connectivity index (χ0n) is 17.9. The molecule has 0 atom stereocenters. The van der Waals surface area contributed by atoms with E-state index in [0.717, 1.165) is 32.7 Å². The molecule has 4 rings (SSSR count). The number of hydrogen-bond donors (Lipinski definition) is 3. The lowest BCUT2D eigenvalue weighted by atomic mass is 10.2. The van der Waals surface area contributed by atoms with E-state index < -0.39 is 21.3 Å². The molecule has 170 valence electrons. The Balaban J connectivity index is 1.28. The van der Waals surface area contributed by atoms with Crippen molar-refractivity contribution in [1.29, 1.82) is 0 Å². The van der Waals surface area contributed by atoms with Crippen LogP contribution in [0.4, 0.5) is 5.69 Å². The molecule has 0 unspecified atom stereocenters. The molecule has 1 saturated heterocycles. The summed E-state index contributed by atoms with van der Waals surface area (Å²) in [5.41, 5.74) is 1.54. The summed E-state index contributed by atoms with van der Waals surface area (Å²) in [6.07, 6.45) is 0.686. The highest BCUT2D eigenvalue weighted by atomic mass is 32.2. The van der Waals surface area contributed by atoms with Crippen molar-refractivity contribution in [2.75, 3.05) is 44.2 Å². The van der Waals surface area contributed by atoms with E-state index in [2.05, 4.69) is 55.7 Å². The molecule has 1 fully saturated rings. The van der Waals surface area contributed by atoms with Crippen LogP contribution in [-0.4, -0.2) is 62.6 Å². The largest absolute Gasteiger partial charge is 0.369 e. The van der Waals surface area contributed by atoms with Gasteiger partial charge in [0.05, 0.1) is 15.8 Å². The first kappa shape index (κ1) is 22.3. The number of aromatic nitrogens is 2. The maximum absolute atomic E-state index is 12.6. The average Bonchev–Trinajstić information content (AvgIpc) is 2.77. The predicted molar refractivity (Wildman–Crippen MR) is 125 cm³/mol. The summed E-state index contributed by atoms with van der Waals surface area (Å²) >= 11 is 0. The van der Waals surface area contributed by atoms with Gasteiger partial charge >= 0.3 is 5.69 Å². The highest BCUT2D eigenvalue weighted by Crippen LogP contribution is 2.18. The Bertz CT molecular complexity index is 1320. The van der Waals surface area contributed by atoms with Crippen LogP contribution in [0.5, 0.6) is 0 Å². The van der Waals surface area contributed by atoms with E-state index in [9.17, 15) is 18.0 Å². The number of benzene rings is 2. The van der Waals surface area contributed by atoms with Gasteiger partial charge in [-0.3, -0.25) is 14.7 Å². The molecule has 1 aliphatic rings. The van der Waals surface area contributed by atoms with Gasteiger partial charge in [-0.05, 0) is 55.8 Å². The van der Waals surface area contributed by atoms with Crippen molar-refractivity contribution in [1.82, 2.24) is 19.6 Å². The number of nitrogens with one attached hydrogen (secondary N) is 3. The minimum atomic E-state index is -3.75. The van der Waals surface area contributed by atoms with Crippen molar-refractivity contribution in [3.05, 3.63) is 68.9 Å². The fourth-order valence-electron chi connectivity index (χ4n) is 3.96. The van der Waals surface area contributed by atoms with Gasteiger partial charge in [-0.1, -0.05) is 12.1 Å². The topological polar surface area (TPSA) is 118 Å². The Morgan fingerprint density at radius 1 is 1.00 bits per heavy atom. The van der Waals surface area contributed by atoms with Crippen LogP contribution in [0, 0.1) is 6.92 Å². The SMILES string of the molecule is Cc1cccc(N2CCN(CCCNS(=O)(=O)c3ccc4[nH]c(=O)[nH]c(=O)c4c3)CC2)c1. The van der Waals surface area contributed by atoms with Crippen LogP contribution in [0.3, 0.4) is 0 Å². The molecule has 32 heavy (non-hydrogen) atoms. The molecule has 3 aromatic rings. The first-order chi connectivity index (χ1) is 15.3. The first-order valence-corrected chi connectivity index (χ1v) is 12.1. The van der Waals surface area contributed by atoms with Gasteiger partial charge < -0.3 is 9.88 Å². The maximum Gasteiger partial charge on any atom is 0.326 e. The van der Waals surface area contributed by atoms with Crippen LogP contribution < -0.4 is 20.9 Å². The third-order valence-corrected chi connectivity index (χ3v) is 7.16. The molecule has 2 heterocycles. The summed E-state index contributed by atoms with van der Waals surface area (Å²) < 4.78 is 27.8. The Kier molecular flexibility index (Phi) is 6.45. The molecule has 0 aliphatic carbocycles. The molecule has 10 heteroatoms. The molecular weight excluding hydrogens is 430 g/mol. The Labute approximate surface area is 186 Å². The molecule has 3 N–H and O–H groups in total. The van der Waals surface area contributed by atoms with Crippen LogP contribution in [0.25, 0.3) is 10.9 Å². The van der Waals surface area contributed by atoms with Crippen LogP contribution in [0.15, 0.2) is 56.9 Å². The van der Waals surface area contributed by atoms with E-state index in [0.29, 0.717) is 18.5 Å². The molecule has 9 nitrogen and oxygen atoms in total. The molecular formula is C22H27N5O4S. The van der Waals surface area contributed by atoms with Crippen LogP contribution in [-0.2, 0) is 10.0 Å².